The zero-order chi connectivity index (χ0) is 13.6. The zero-order valence-corrected chi connectivity index (χ0v) is 10.9. The number of carbonyl (C=O) groups excluding carboxylic acids is 2. The molecular formula is C12H21NO5. The number of nitrogens with one attached hydrogen (secondary N) is 1. The molecule has 104 valence electrons. The Morgan fingerprint density at radius 2 is 2.00 bits per heavy atom. The molecule has 18 heavy (non-hydrogen) atoms. The summed E-state index contributed by atoms with van der Waals surface area (Å²) in [7, 11) is 1.37. The predicted molar refractivity (Wildman–Crippen MR) is 63.9 cm³/mol. The minimum atomic E-state index is -0.947. The highest BCUT2D eigenvalue weighted by molar-refractivity contribution is 5.72. The summed E-state index contributed by atoms with van der Waals surface area (Å²) in [5, 5.41) is 12.8. The highest BCUT2D eigenvalue weighted by Crippen LogP contribution is 2.32. The van der Waals surface area contributed by atoms with Crippen molar-refractivity contribution in [1.82, 2.24) is 5.32 Å². The monoisotopic (exact) mass is 259 g/mol. The molecule has 0 aliphatic heterocycles. The minimum absolute atomic E-state index is 0.141. The van der Waals surface area contributed by atoms with Crippen molar-refractivity contribution in [2.45, 2.75) is 38.2 Å². The fraction of sp³-hybridized carbons (Fsp3) is 0.833. The summed E-state index contributed by atoms with van der Waals surface area (Å²) in [5.74, 6) is -0.367. The number of rotatable bonds is 4. The highest BCUT2D eigenvalue weighted by atomic mass is 16.5. The first kappa shape index (κ1) is 14.8. The second-order valence-electron chi connectivity index (χ2n) is 4.60. The van der Waals surface area contributed by atoms with Gasteiger partial charge in [-0.3, -0.25) is 4.79 Å². The minimum Gasteiger partial charge on any atom is -0.469 e. The SMILES string of the molecule is CCOC(=O)NCC1(O)CCC(C(=O)OC)CC1. The van der Waals surface area contributed by atoms with Crippen LogP contribution < -0.4 is 5.32 Å². The lowest BCUT2D eigenvalue weighted by molar-refractivity contribution is -0.148. The summed E-state index contributed by atoms with van der Waals surface area (Å²) in [6.07, 6.45) is 1.57. The molecule has 1 aliphatic rings. The topological polar surface area (TPSA) is 84.9 Å². The van der Waals surface area contributed by atoms with E-state index in [1.165, 1.54) is 7.11 Å². The Hall–Kier alpha value is -1.30. The van der Waals surface area contributed by atoms with Crippen molar-refractivity contribution in [2.75, 3.05) is 20.3 Å². The van der Waals surface area contributed by atoms with Crippen LogP contribution in [-0.2, 0) is 14.3 Å². The van der Waals surface area contributed by atoms with Gasteiger partial charge in [-0.2, -0.15) is 0 Å². The van der Waals surface area contributed by atoms with Crippen LogP contribution in [0.2, 0.25) is 0 Å². The summed E-state index contributed by atoms with van der Waals surface area (Å²) in [6.45, 7) is 2.17. The second kappa shape index (κ2) is 6.58. The first-order chi connectivity index (χ1) is 8.50. The van der Waals surface area contributed by atoms with Gasteiger partial charge < -0.3 is 19.9 Å². The Bertz CT molecular complexity index is 297. The van der Waals surface area contributed by atoms with Gasteiger partial charge >= 0.3 is 12.1 Å². The van der Waals surface area contributed by atoms with Gasteiger partial charge in [0.2, 0.25) is 0 Å². The molecule has 0 unspecified atom stereocenters. The van der Waals surface area contributed by atoms with Crippen LogP contribution in [0, 0.1) is 5.92 Å². The lowest BCUT2D eigenvalue weighted by atomic mass is 9.79. The van der Waals surface area contributed by atoms with Crippen molar-refractivity contribution in [2.24, 2.45) is 5.92 Å². The highest BCUT2D eigenvalue weighted by Gasteiger charge is 2.36. The molecule has 1 rings (SSSR count). The number of amides is 1. The standard InChI is InChI=1S/C12H21NO5/c1-3-18-11(15)13-8-12(16)6-4-9(5-7-12)10(14)17-2/h9,16H,3-8H2,1-2H3,(H,13,15). The number of methoxy groups -OCH3 is 1. The molecule has 0 heterocycles. The molecule has 6 heteroatoms. The van der Waals surface area contributed by atoms with E-state index in [2.05, 4.69) is 10.1 Å². The van der Waals surface area contributed by atoms with Gasteiger partial charge in [-0.25, -0.2) is 4.79 Å². The average Bonchev–Trinajstić information content (AvgIpc) is 2.37. The van der Waals surface area contributed by atoms with Crippen LogP contribution in [-0.4, -0.2) is 43.0 Å². The van der Waals surface area contributed by atoms with E-state index in [1.807, 2.05) is 0 Å². The van der Waals surface area contributed by atoms with Crippen molar-refractivity contribution in [3.63, 3.8) is 0 Å². The van der Waals surface area contributed by atoms with Crippen LogP contribution in [0.25, 0.3) is 0 Å². The summed E-state index contributed by atoms with van der Waals surface area (Å²) in [5.41, 5.74) is -0.947. The van der Waals surface area contributed by atoms with Gasteiger partial charge in [0.15, 0.2) is 0 Å². The number of esters is 1. The lowest BCUT2D eigenvalue weighted by Gasteiger charge is -2.34. The van der Waals surface area contributed by atoms with Crippen molar-refractivity contribution in [3.8, 4) is 0 Å². The number of hydrogen-bond donors (Lipinski definition) is 2. The zero-order valence-electron chi connectivity index (χ0n) is 10.9. The van der Waals surface area contributed by atoms with E-state index in [0.29, 0.717) is 32.3 Å². The van der Waals surface area contributed by atoms with E-state index in [0.717, 1.165) is 0 Å². The van der Waals surface area contributed by atoms with E-state index in [9.17, 15) is 14.7 Å². The normalized spacial score (nSPS) is 27.4. The lowest BCUT2D eigenvalue weighted by Crippen LogP contribution is -2.46. The van der Waals surface area contributed by atoms with Crippen LogP contribution in [0.15, 0.2) is 0 Å². The summed E-state index contributed by atoms with van der Waals surface area (Å²) in [6, 6.07) is 0. The fourth-order valence-corrected chi connectivity index (χ4v) is 2.15. The molecule has 0 radical (unpaired) electrons. The molecule has 0 spiro atoms. The Balaban J connectivity index is 2.35. The van der Waals surface area contributed by atoms with Gasteiger partial charge in [0.25, 0.3) is 0 Å². The molecule has 2 N–H and O–H groups in total. The second-order valence-corrected chi connectivity index (χ2v) is 4.60. The number of hydrogen-bond acceptors (Lipinski definition) is 5. The van der Waals surface area contributed by atoms with Gasteiger partial charge in [0.1, 0.15) is 0 Å². The molecule has 0 aromatic heterocycles. The van der Waals surface area contributed by atoms with Gasteiger partial charge in [-0.05, 0) is 32.6 Å². The molecule has 1 saturated carbocycles. The molecule has 0 atom stereocenters. The van der Waals surface area contributed by atoms with Crippen molar-refractivity contribution >= 4 is 12.1 Å². The summed E-state index contributed by atoms with van der Waals surface area (Å²) >= 11 is 0. The largest absolute Gasteiger partial charge is 0.469 e. The molecule has 1 aliphatic carbocycles. The molecule has 0 bridgehead atoms. The van der Waals surface area contributed by atoms with Gasteiger partial charge in [0, 0.05) is 6.54 Å². The molecule has 1 fully saturated rings. The van der Waals surface area contributed by atoms with E-state index >= 15 is 0 Å². The smallest absolute Gasteiger partial charge is 0.407 e. The maximum absolute atomic E-state index is 11.3. The third-order valence-electron chi connectivity index (χ3n) is 3.29. The Morgan fingerprint density at radius 1 is 1.39 bits per heavy atom. The number of aliphatic hydroxyl groups is 1. The third kappa shape index (κ3) is 4.18. The Labute approximate surface area is 107 Å². The van der Waals surface area contributed by atoms with Gasteiger partial charge in [-0.1, -0.05) is 0 Å². The maximum Gasteiger partial charge on any atom is 0.407 e. The van der Waals surface area contributed by atoms with Crippen molar-refractivity contribution in [1.29, 1.82) is 0 Å². The predicted octanol–water partition coefficient (Wildman–Crippen LogP) is 0.827. The van der Waals surface area contributed by atoms with E-state index in [4.69, 9.17) is 4.74 Å². The van der Waals surface area contributed by atoms with Crippen LogP contribution in [0.5, 0.6) is 0 Å². The summed E-state index contributed by atoms with van der Waals surface area (Å²) in [4.78, 5) is 22.5. The number of alkyl carbamates (subject to hydrolysis) is 1. The van der Waals surface area contributed by atoms with Gasteiger partial charge in [0.05, 0.1) is 25.2 Å². The van der Waals surface area contributed by atoms with Crippen LogP contribution in [0.4, 0.5) is 4.79 Å². The molecule has 1 amide bonds. The van der Waals surface area contributed by atoms with Crippen LogP contribution in [0.1, 0.15) is 32.6 Å². The van der Waals surface area contributed by atoms with Gasteiger partial charge in [-0.15, -0.1) is 0 Å². The molecule has 0 saturated heterocycles. The van der Waals surface area contributed by atoms with E-state index < -0.39 is 11.7 Å². The quantitative estimate of drug-likeness (QED) is 0.730. The maximum atomic E-state index is 11.3. The van der Waals surface area contributed by atoms with Crippen LogP contribution in [0.3, 0.4) is 0 Å². The fourth-order valence-electron chi connectivity index (χ4n) is 2.15. The number of ether oxygens (including phenoxy) is 2. The third-order valence-corrected chi connectivity index (χ3v) is 3.29. The average molecular weight is 259 g/mol. The first-order valence-corrected chi connectivity index (χ1v) is 6.21. The molecular weight excluding hydrogens is 238 g/mol. The first-order valence-electron chi connectivity index (χ1n) is 6.21. The Morgan fingerprint density at radius 3 is 2.50 bits per heavy atom. The van der Waals surface area contributed by atoms with Crippen molar-refractivity contribution < 1.29 is 24.2 Å². The number of carbonyl (C=O) groups is 2. The Kier molecular flexibility index (Phi) is 5.40. The van der Waals surface area contributed by atoms with Crippen molar-refractivity contribution in [3.05, 3.63) is 0 Å². The van der Waals surface area contributed by atoms with Crippen LogP contribution >= 0.6 is 0 Å². The molecule has 0 aromatic carbocycles. The van der Waals surface area contributed by atoms with E-state index in [1.54, 1.807) is 6.92 Å². The molecule has 6 nitrogen and oxygen atoms in total. The van der Waals surface area contributed by atoms with E-state index in [-0.39, 0.29) is 18.4 Å². The summed E-state index contributed by atoms with van der Waals surface area (Å²) < 4.78 is 9.40. The molecule has 0 aromatic rings.